The Labute approximate surface area is 127 Å². The monoisotopic (exact) mass is 312 g/mol. The highest BCUT2D eigenvalue weighted by molar-refractivity contribution is 7.89. The van der Waals surface area contributed by atoms with Gasteiger partial charge >= 0.3 is 0 Å². The molecule has 1 N–H and O–H groups in total. The zero-order valence-electron chi connectivity index (χ0n) is 12.7. The summed E-state index contributed by atoms with van der Waals surface area (Å²) in [6.45, 7) is 6.15. The number of rotatable bonds is 6. The van der Waals surface area contributed by atoms with Crippen LogP contribution >= 0.6 is 0 Å². The molecule has 1 saturated heterocycles. The molecular formula is C15H24N2O3S. The van der Waals surface area contributed by atoms with E-state index in [0.717, 1.165) is 19.4 Å². The standard InChI is InChI=1S/C15H24N2O3S/c1-3-9-16-14-7-5-6-8-15(14)21(18,19)17-10-11-20-12-13(17)4-2/h5-8,13,16H,3-4,9-12H2,1-2H3. The van der Waals surface area contributed by atoms with Crippen molar-refractivity contribution >= 4 is 15.7 Å². The lowest BCUT2D eigenvalue weighted by Crippen LogP contribution is -2.48. The number of ether oxygens (including phenoxy) is 1. The zero-order chi connectivity index (χ0) is 15.3. The van der Waals surface area contributed by atoms with Gasteiger partial charge < -0.3 is 10.1 Å². The largest absolute Gasteiger partial charge is 0.384 e. The maximum Gasteiger partial charge on any atom is 0.245 e. The molecule has 1 aliphatic heterocycles. The van der Waals surface area contributed by atoms with E-state index in [1.54, 1.807) is 16.4 Å². The van der Waals surface area contributed by atoms with Gasteiger partial charge in [-0.2, -0.15) is 4.31 Å². The zero-order valence-corrected chi connectivity index (χ0v) is 13.5. The van der Waals surface area contributed by atoms with Gasteiger partial charge in [0.1, 0.15) is 4.90 Å². The van der Waals surface area contributed by atoms with Gasteiger partial charge in [-0.05, 0) is 25.0 Å². The second-order valence-corrected chi connectivity index (χ2v) is 7.03. The van der Waals surface area contributed by atoms with Gasteiger partial charge in [0.05, 0.1) is 18.9 Å². The van der Waals surface area contributed by atoms with E-state index in [4.69, 9.17) is 4.74 Å². The van der Waals surface area contributed by atoms with Crippen molar-refractivity contribution in [2.45, 2.75) is 37.6 Å². The minimum Gasteiger partial charge on any atom is -0.384 e. The van der Waals surface area contributed by atoms with Crippen LogP contribution in [0.25, 0.3) is 0 Å². The van der Waals surface area contributed by atoms with E-state index in [9.17, 15) is 8.42 Å². The highest BCUT2D eigenvalue weighted by Gasteiger charge is 2.34. The van der Waals surface area contributed by atoms with Gasteiger partial charge in [-0.25, -0.2) is 8.42 Å². The first kappa shape index (κ1) is 16.3. The lowest BCUT2D eigenvalue weighted by molar-refractivity contribution is 0.0314. The molecule has 2 rings (SSSR count). The van der Waals surface area contributed by atoms with Gasteiger partial charge in [0.15, 0.2) is 0 Å². The van der Waals surface area contributed by atoms with Crippen LogP contribution in [0.4, 0.5) is 5.69 Å². The van der Waals surface area contributed by atoms with Crippen molar-refractivity contribution < 1.29 is 13.2 Å². The third-order valence-corrected chi connectivity index (χ3v) is 5.69. The Morgan fingerprint density at radius 3 is 2.81 bits per heavy atom. The summed E-state index contributed by atoms with van der Waals surface area (Å²) in [5, 5.41) is 3.20. The van der Waals surface area contributed by atoms with Gasteiger partial charge in [-0.15, -0.1) is 0 Å². The molecule has 0 amide bonds. The SMILES string of the molecule is CCCNc1ccccc1S(=O)(=O)N1CCOCC1CC. The van der Waals surface area contributed by atoms with Crippen LogP contribution in [0.2, 0.25) is 0 Å². The number of hydrogen-bond donors (Lipinski definition) is 1. The maximum absolute atomic E-state index is 13.0. The molecule has 1 unspecified atom stereocenters. The molecule has 0 radical (unpaired) electrons. The third-order valence-electron chi connectivity index (χ3n) is 3.68. The fourth-order valence-electron chi connectivity index (χ4n) is 2.50. The number of anilines is 1. The van der Waals surface area contributed by atoms with Crippen LogP contribution in [0.5, 0.6) is 0 Å². The van der Waals surface area contributed by atoms with E-state index < -0.39 is 10.0 Å². The van der Waals surface area contributed by atoms with Crippen molar-refractivity contribution in [2.75, 3.05) is 31.6 Å². The lowest BCUT2D eigenvalue weighted by atomic mass is 10.2. The smallest absolute Gasteiger partial charge is 0.245 e. The predicted octanol–water partition coefficient (Wildman–Crippen LogP) is 2.31. The van der Waals surface area contributed by atoms with E-state index in [0.29, 0.717) is 30.3 Å². The minimum absolute atomic E-state index is 0.0806. The average Bonchev–Trinajstić information content (AvgIpc) is 2.53. The van der Waals surface area contributed by atoms with Crippen LogP contribution < -0.4 is 5.32 Å². The summed E-state index contributed by atoms with van der Waals surface area (Å²) in [4.78, 5) is 0.360. The number of hydrogen-bond acceptors (Lipinski definition) is 4. The Hall–Kier alpha value is -1.11. The Kier molecular flexibility index (Phi) is 5.61. The number of nitrogens with one attached hydrogen (secondary N) is 1. The van der Waals surface area contributed by atoms with Crippen molar-refractivity contribution in [1.29, 1.82) is 0 Å². The van der Waals surface area contributed by atoms with Gasteiger partial charge in [0, 0.05) is 19.1 Å². The van der Waals surface area contributed by atoms with Crippen molar-refractivity contribution in [3.05, 3.63) is 24.3 Å². The third kappa shape index (κ3) is 3.56. The summed E-state index contributed by atoms with van der Waals surface area (Å²) >= 11 is 0. The van der Waals surface area contributed by atoms with E-state index in [1.807, 2.05) is 19.1 Å². The van der Waals surface area contributed by atoms with E-state index in [-0.39, 0.29) is 6.04 Å². The first-order valence-electron chi connectivity index (χ1n) is 7.53. The molecule has 1 aliphatic rings. The Morgan fingerprint density at radius 2 is 2.10 bits per heavy atom. The summed E-state index contributed by atoms with van der Waals surface area (Å²) in [6, 6.07) is 7.04. The number of benzene rings is 1. The Balaban J connectivity index is 2.34. The molecule has 0 spiro atoms. The summed E-state index contributed by atoms with van der Waals surface area (Å²) in [5.41, 5.74) is 0.681. The summed E-state index contributed by atoms with van der Waals surface area (Å²) in [5.74, 6) is 0. The molecule has 1 heterocycles. The van der Waals surface area contributed by atoms with Gasteiger partial charge in [0.25, 0.3) is 0 Å². The van der Waals surface area contributed by atoms with Crippen molar-refractivity contribution in [3.8, 4) is 0 Å². The second-order valence-electron chi connectivity index (χ2n) is 5.18. The van der Waals surface area contributed by atoms with E-state index in [1.165, 1.54) is 0 Å². The van der Waals surface area contributed by atoms with E-state index in [2.05, 4.69) is 12.2 Å². The van der Waals surface area contributed by atoms with Crippen LogP contribution in [0, 0.1) is 0 Å². The fourth-order valence-corrected chi connectivity index (χ4v) is 4.34. The number of morpholine rings is 1. The Bertz CT molecular complexity index is 560. The molecule has 1 atom stereocenters. The maximum atomic E-state index is 13.0. The average molecular weight is 312 g/mol. The molecule has 0 aromatic heterocycles. The number of sulfonamides is 1. The molecule has 5 nitrogen and oxygen atoms in total. The number of para-hydroxylation sites is 1. The van der Waals surface area contributed by atoms with Gasteiger partial charge in [-0.3, -0.25) is 0 Å². The molecule has 21 heavy (non-hydrogen) atoms. The molecule has 0 saturated carbocycles. The molecule has 0 bridgehead atoms. The minimum atomic E-state index is -3.49. The van der Waals surface area contributed by atoms with Gasteiger partial charge in [0.2, 0.25) is 10.0 Å². The number of nitrogens with zero attached hydrogens (tertiary/aromatic N) is 1. The van der Waals surface area contributed by atoms with Gasteiger partial charge in [-0.1, -0.05) is 26.0 Å². The normalized spacial score (nSPS) is 20.4. The Morgan fingerprint density at radius 1 is 1.33 bits per heavy atom. The second kappa shape index (κ2) is 7.24. The van der Waals surface area contributed by atoms with Crippen LogP contribution in [0.1, 0.15) is 26.7 Å². The first-order valence-corrected chi connectivity index (χ1v) is 8.97. The first-order chi connectivity index (χ1) is 10.1. The molecular weight excluding hydrogens is 288 g/mol. The van der Waals surface area contributed by atoms with Crippen LogP contribution in [-0.4, -0.2) is 45.1 Å². The fraction of sp³-hybridized carbons (Fsp3) is 0.600. The molecule has 1 fully saturated rings. The van der Waals surface area contributed by atoms with E-state index >= 15 is 0 Å². The molecule has 1 aromatic carbocycles. The highest BCUT2D eigenvalue weighted by Crippen LogP contribution is 2.27. The van der Waals surface area contributed by atoms with Crippen LogP contribution in [-0.2, 0) is 14.8 Å². The summed E-state index contributed by atoms with van der Waals surface area (Å²) in [6.07, 6.45) is 1.70. The molecule has 0 aliphatic carbocycles. The summed E-state index contributed by atoms with van der Waals surface area (Å²) < 4.78 is 32.9. The molecule has 118 valence electrons. The predicted molar refractivity (Wildman–Crippen MR) is 84.0 cm³/mol. The molecule has 6 heteroatoms. The van der Waals surface area contributed by atoms with Crippen LogP contribution in [0.15, 0.2) is 29.2 Å². The topological polar surface area (TPSA) is 58.6 Å². The van der Waals surface area contributed by atoms with Crippen molar-refractivity contribution in [3.63, 3.8) is 0 Å². The lowest BCUT2D eigenvalue weighted by Gasteiger charge is -2.34. The van der Waals surface area contributed by atoms with Crippen molar-refractivity contribution in [1.82, 2.24) is 4.31 Å². The van der Waals surface area contributed by atoms with Crippen LogP contribution in [0.3, 0.4) is 0 Å². The van der Waals surface area contributed by atoms with Crippen molar-refractivity contribution in [2.24, 2.45) is 0 Å². The molecule has 1 aromatic rings. The quantitative estimate of drug-likeness (QED) is 0.876. The highest BCUT2D eigenvalue weighted by atomic mass is 32.2. The summed E-state index contributed by atoms with van der Waals surface area (Å²) in [7, 11) is -3.49.